The Balaban J connectivity index is 2.00. The second-order valence-corrected chi connectivity index (χ2v) is 8.75. The van der Waals surface area contributed by atoms with Gasteiger partial charge in [-0.3, -0.25) is 4.90 Å². The summed E-state index contributed by atoms with van der Waals surface area (Å²) in [6.07, 6.45) is 1.45. The molecule has 1 atom stereocenters. The Bertz CT molecular complexity index is 649. The molecule has 1 aliphatic rings. The molecule has 0 saturated carbocycles. The van der Waals surface area contributed by atoms with Crippen LogP contribution in [0.25, 0.3) is 0 Å². The number of carbonyl (C=O) groups is 2. The number of halogens is 1. The van der Waals surface area contributed by atoms with Crippen LogP contribution in [0, 0.1) is 0 Å². The Hall–Kier alpha value is -1.75. The van der Waals surface area contributed by atoms with Crippen molar-refractivity contribution in [3.05, 3.63) is 34.9 Å². The molecular weight excluding hydrogens is 354 g/mol. The highest BCUT2D eigenvalue weighted by Crippen LogP contribution is 2.25. The van der Waals surface area contributed by atoms with Crippen molar-refractivity contribution in [2.24, 2.45) is 0 Å². The normalized spacial score (nSPS) is 17.9. The third-order valence-corrected chi connectivity index (χ3v) is 4.32. The first-order chi connectivity index (χ1) is 12.0. The zero-order valence-corrected chi connectivity index (χ0v) is 16.9. The van der Waals surface area contributed by atoms with Gasteiger partial charge >= 0.3 is 12.1 Å². The summed E-state index contributed by atoms with van der Waals surface area (Å²) in [4.78, 5) is 26.5. The number of likely N-dealkylation sites (tertiary alicyclic amines) is 1. The summed E-state index contributed by atoms with van der Waals surface area (Å²) in [5, 5.41) is 0.669. The fraction of sp³-hybridized carbons (Fsp3) is 0.600. The fourth-order valence-corrected chi connectivity index (χ4v) is 3.15. The molecule has 1 aromatic carbocycles. The lowest BCUT2D eigenvalue weighted by Crippen LogP contribution is -2.46. The molecule has 26 heavy (non-hydrogen) atoms. The molecule has 2 rings (SSSR count). The maximum atomic E-state index is 12.7. The molecular formula is C20H28ClNO4. The van der Waals surface area contributed by atoms with Crippen molar-refractivity contribution >= 4 is 23.7 Å². The number of hydrogen-bond acceptors (Lipinski definition) is 4. The van der Waals surface area contributed by atoms with Gasteiger partial charge in [-0.2, -0.15) is 0 Å². The van der Waals surface area contributed by atoms with Crippen LogP contribution in [0.5, 0.6) is 0 Å². The Kier molecular flexibility index (Phi) is 6.22. The van der Waals surface area contributed by atoms with Gasteiger partial charge in [0.05, 0.1) is 0 Å². The van der Waals surface area contributed by atoms with Crippen LogP contribution in [0.1, 0.15) is 53.0 Å². The summed E-state index contributed by atoms with van der Waals surface area (Å²) in [5.41, 5.74) is -0.252. The van der Waals surface area contributed by atoms with E-state index in [-0.39, 0.29) is 5.97 Å². The number of esters is 1. The summed E-state index contributed by atoms with van der Waals surface area (Å²) in [6.45, 7) is 9.67. The first-order valence-electron chi connectivity index (χ1n) is 8.94. The Labute approximate surface area is 160 Å². The van der Waals surface area contributed by atoms with Gasteiger partial charge in [-0.25, -0.2) is 9.59 Å². The molecule has 1 aliphatic heterocycles. The third-order valence-electron chi connectivity index (χ3n) is 4.07. The summed E-state index contributed by atoms with van der Waals surface area (Å²) in [6, 6.07) is 6.88. The summed E-state index contributed by atoms with van der Waals surface area (Å²) >= 11 is 5.91. The molecule has 5 nitrogen and oxygen atoms in total. The Morgan fingerprint density at radius 2 is 1.73 bits per heavy atom. The number of benzene rings is 1. The van der Waals surface area contributed by atoms with E-state index in [2.05, 4.69) is 0 Å². The average molecular weight is 382 g/mol. The minimum atomic E-state index is -0.687. The highest BCUT2D eigenvalue weighted by Gasteiger charge is 2.39. The Morgan fingerprint density at radius 3 is 2.31 bits per heavy atom. The SMILES string of the molecule is CC(C)(C)OC(=O)N1CCCC1C(=O)OC(C)(C)Cc1ccc(Cl)cc1. The van der Waals surface area contributed by atoms with Crippen molar-refractivity contribution in [3.63, 3.8) is 0 Å². The van der Waals surface area contributed by atoms with Gasteiger partial charge in [0.15, 0.2) is 0 Å². The summed E-state index contributed by atoms with van der Waals surface area (Å²) in [7, 11) is 0. The topological polar surface area (TPSA) is 55.8 Å². The molecule has 6 heteroatoms. The number of amides is 1. The number of rotatable bonds is 4. The van der Waals surface area contributed by atoms with Gasteiger partial charge in [0.25, 0.3) is 0 Å². The van der Waals surface area contributed by atoms with Crippen molar-refractivity contribution in [2.75, 3.05) is 6.54 Å². The van der Waals surface area contributed by atoms with Crippen LogP contribution in [-0.4, -0.2) is 40.8 Å². The van der Waals surface area contributed by atoms with E-state index in [0.29, 0.717) is 24.4 Å². The van der Waals surface area contributed by atoms with Crippen LogP contribution >= 0.6 is 11.6 Å². The van der Waals surface area contributed by atoms with Crippen molar-refractivity contribution in [3.8, 4) is 0 Å². The van der Waals surface area contributed by atoms with Gasteiger partial charge < -0.3 is 9.47 Å². The third kappa shape index (κ3) is 5.90. The predicted molar refractivity (Wildman–Crippen MR) is 101 cm³/mol. The molecule has 0 radical (unpaired) electrons. The predicted octanol–water partition coefficient (Wildman–Crippen LogP) is 4.60. The lowest BCUT2D eigenvalue weighted by Gasteiger charge is -2.31. The van der Waals surface area contributed by atoms with Crippen molar-refractivity contribution in [1.29, 1.82) is 0 Å². The number of hydrogen-bond donors (Lipinski definition) is 0. The van der Waals surface area contributed by atoms with E-state index in [1.807, 2.05) is 58.9 Å². The molecule has 0 aliphatic carbocycles. The van der Waals surface area contributed by atoms with Crippen LogP contribution in [0.3, 0.4) is 0 Å². The van der Waals surface area contributed by atoms with Gasteiger partial charge in [0, 0.05) is 18.0 Å². The summed E-state index contributed by atoms with van der Waals surface area (Å²) < 4.78 is 11.2. The molecule has 0 aromatic heterocycles. The molecule has 1 unspecified atom stereocenters. The second-order valence-electron chi connectivity index (χ2n) is 8.32. The van der Waals surface area contributed by atoms with Crippen molar-refractivity contribution in [1.82, 2.24) is 4.90 Å². The van der Waals surface area contributed by atoms with Crippen molar-refractivity contribution in [2.45, 2.75) is 71.1 Å². The molecule has 1 fully saturated rings. The maximum absolute atomic E-state index is 12.7. The second kappa shape index (κ2) is 7.87. The highest BCUT2D eigenvalue weighted by atomic mass is 35.5. The van der Waals surface area contributed by atoms with E-state index in [0.717, 1.165) is 12.0 Å². The van der Waals surface area contributed by atoms with E-state index in [4.69, 9.17) is 21.1 Å². The van der Waals surface area contributed by atoms with Crippen LogP contribution in [-0.2, 0) is 20.7 Å². The first kappa shape index (κ1) is 20.6. The Morgan fingerprint density at radius 1 is 1.12 bits per heavy atom. The molecule has 0 spiro atoms. The van der Waals surface area contributed by atoms with Gasteiger partial charge in [-0.05, 0) is 65.2 Å². The number of nitrogens with zero attached hydrogens (tertiary/aromatic N) is 1. The van der Waals surface area contributed by atoms with Gasteiger partial charge in [0.2, 0.25) is 0 Å². The number of carbonyl (C=O) groups excluding carboxylic acids is 2. The minimum absolute atomic E-state index is 0.382. The van der Waals surface area contributed by atoms with Gasteiger partial charge in [-0.1, -0.05) is 23.7 Å². The lowest BCUT2D eigenvalue weighted by molar-refractivity contribution is -0.161. The van der Waals surface area contributed by atoms with E-state index in [1.54, 1.807) is 0 Å². The van der Waals surface area contributed by atoms with Crippen LogP contribution < -0.4 is 0 Å². The van der Waals surface area contributed by atoms with Gasteiger partial charge in [-0.15, -0.1) is 0 Å². The van der Waals surface area contributed by atoms with E-state index in [1.165, 1.54) is 4.90 Å². The summed E-state index contributed by atoms with van der Waals surface area (Å²) in [5.74, 6) is -0.382. The van der Waals surface area contributed by atoms with Crippen LogP contribution in [0.15, 0.2) is 24.3 Å². The molecule has 1 saturated heterocycles. The first-order valence-corrected chi connectivity index (χ1v) is 9.32. The maximum Gasteiger partial charge on any atom is 0.411 e. The monoisotopic (exact) mass is 381 g/mol. The highest BCUT2D eigenvalue weighted by molar-refractivity contribution is 6.30. The fourth-order valence-electron chi connectivity index (χ4n) is 3.02. The average Bonchev–Trinajstić information content (AvgIpc) is 2.97. The minimum Gasteiger partial charge on any atom is -0.458 e. The van der Waals surface area contributed by atoms with Crippen molar-refractivity contribution < 1.29 is 19.1 Å². The molecule has 0 N–H and O–H groups in total. The molecule has 1 heterocycles. The number of ether oxygens (including phenoxy) is 2. The zero-order valence-electron chi connectivity index (χ0n) is 16.2. The quantitative estimate of drug-likeness (QED) is 0.715. The largest absolute Gasteiger partial charge is 0.458 e. The zero-order chi connectivity index (χ0) is 19.5. The molecule has 1 amide bonds. The molecule has 1 aromatic rings. The van der Waals surface area contributed by atoms with Gasteiger partial charge in [0.1, 0.15) is 17.2 Å². The standard InChI is InChI=1S/C20H28ClNO4/c1-19(2,3)26-18(24)22-12-6-7-16(22)17(23)25-20(4,5)13-14-8-10-15(21)11-9-14/h8-11,16H,6-7,12-13H2,1-5H3. The molecule has 144 valence electrons. The smallest absolute Gasteiger partial charge is 0.411 e. The molecule has 0 bridgehead atoms. The van der Waals surface area contributed by atoms with E-state index < -0.39 is 23.3 Å². The van der Waals surface area contributed by atoms with E-state index in [9.17, 15) is 9.59 Å². The lowest BCUT2D eigenvalue weighted by atomic mass is 9.98. The van der Waals surface area contributed by atoms with Crippen LogP contribution in [0.4, 0.5) is 4.79 Å². The van der Waals surface area contributed by atoms with E-state index >= 15 is 0 Å². The van der Waals surface area contributed by atoms with Crippen LogP contribution in [0.2, 0.25) is 5.02 Å².